The summed E-state index contributed by atoms with van der Waals surface area (Å²) in [4.78, 5) is 87.9. The number of aromatic nitrogens is 4. The number of carbonyl (C=O) groups excluding carboxylic acids is 3. The topological polar surface area (TPSA) is 384 Å². The van der Waals surface area contributed by atoms with Crippen molar-refractivity contribution >= 4 is 69.1 Å². The summed E-state index contributed by atoms with van der Waals surface area (Å²) < 4.78 is 62.2. The summed E-state index contributed by atoms with van der Waals surface area (Å²) in [5, 5.41) is 35.3. The number of hydrogen-bond acceptors (Lipinski definition) is 19. The average molecular weight is 952 g/mol. The molecule has 61 heavy (non-hydrogen) atoms. The number of nitrogens with two attached hydrogens (primary N) is 1. The van der Waals surface area contributed by atoms with Gasteiger partial charge in [0.15, 0.2) is 22.8 Å². The summed E-state index contributed by atoms with van der Waals surface area (Å²) in [5.74, 6) is -1.07. The fourth-order valence-corrected chi connectivity index (χ4v) is 9.36. The number of imidazole rings is 1. The Morgan fingerprint density at radius 2 is 1.57 bits per heavy atom. The van der Waals surface area contributed by atoms with Crippen molar-refractivity contribution in [2.75, 3.05) is 44.4 Å². The molecule has 1 aliphatic heterocycles. The Kier molecular flexibility index (Phi) is 21.3. The van der Waals surface area contributed by atoms with Gasteiger partial charge in [-0.1, -0.05) is 64.1 Å². The van der Waals surface area contributed by atoms with Crippen LogP contribution in [0.25, 0.3) is 11.2 Å². The van der Waals surface area contributed by atoms with Crippen LogP contribution in [0, 0.1) is 5.41 Å². The molecule has 29 heteroatoms. The highest BCUT2D eigenvalue weighted by Crippen LogP contribution is 2.61. The first kappa shape index (κ1) is 52.9. The number of nitrogens with one attached hydrogen (secondary N) is 2. The Hall–Kier alpha value is -2.48. The van der Waals surface area contributed by atoms with E-state index in [1.54, 1.807) is 0 Å². The van der Waals surface area contributed by atoms with E-state index in [1.165, 1.54) is 13.8 Å². The first-order valence-corrected chi connectivity index (χ1v) is 24.7. The first-order valence-electron chi connectivity index (χ1n) is 19.2. The molecule has 0 saturated carbocycles. The fraction of sp³-hybridized carbons (Fsp3) is 0.750. The Labute approximate surface area is 355 Å². The Bertz CT molecular complexity index is 1890. The zero-order valence-electron chi connectivity index (χ0n) is 33.6. The number of aliphatic hydroxyl groups excluding tert-OH is 3. The van der Waals surface area contributed by atoms with Crippen LogP contribution in [0.3, 0.4) is 0 Å². The van der Waals surface area contributed by atoms with Gasteiger partial charge in [-0.3, -0.25) is 32.5 Å². The maximum Gasteiger partial charge on any atom is 0.481 e. The molecule has 0 aromatic carbocycles. The zero-order valence-corrected chi connectivity index (χ0v) is 37.1. The number of nitrogens with zero attached hydrogens (tertiary/aromatic N) is 4. The van der Waals surface area contributed by atoms with Gasteiger partial charge in [0.05, 0.1) is 19.5 Å². The molecule has 1 saturated heterocycles. The van der Waals surface area contributed by atoms with Crippen molar-refractivity contribution in [1.29, 1.82) is 0 Å². The van der Waals surface area contributed by atoms with Crippen LogP contribution in [0.15, 0.2) is 12.7 Å². The minimum atomic E-state index is -5.57. The van der Waals surface area contributed by atoms with E-state index in [4.69, 9.17) is 24.6 Å². The molecule has 0 aliphatic carbocycles. The van der Waals surface area contributed by atoms with Crippen LogP contribution in [-0.2, 0) is 50.7 Å². The number of hydrogen-bond donors (Lipinski definition) is 10. The molecule has 2 aromatic heterocycles. The van der Waals surface area contributed by atoms with Crippen LogP contribution in [0.5, 0.6) is 0 Å². The first-order chi connectivity index (χ1) is 28.6. The molecule has 11 N–H and O–H groups in total. The number of phosphoric ester groups is 3. The number of unbranched alkanes of at least 4 members (excludes halogenated alkanes) is 7. The van der Waals surface area contributed by atoms with Crippen molar-refractivity contribution in [3.05, 3.63) is 12.7 Å². The van der Waals surface area contributed by atoms with Gasteiger partial charge in [0.25, 0.3) is 0 Å². The molecule has 0 radical (unpaired) electrons. The summed E-state index contributed by atoms with van der Waals surface area (Å²) in [6.45, 7) is 0.742. The van der Waals surface area contributed by atoms with Crippen LogP contribution >= 0.6 is 35.2 Å². The summed E-state index contributed by atoms with van der Waals surface area (Å²) in [6, 6.07) is 0. The highest BCUT2D eigenvalue weighted by molar-refractivity contribution is 8.13. The molecule has 2 aromatic rings. The zero-order chi connectivity index (χ0) is 45.4. The van der Waals surface area contributed by atoms with Crippen molar-refractivity contribution in [3.63, 3.8) is 0 Å². The molecule has 1 aliphatic rings. The monoisotopic (exact) mass is 951 g/mol. The van der Waals surface area contributed by atoms with E-state index < -0.39 is 84.6 Å². The highest BCUT2D eigenvalue weighted by atomic mass is 32.2. The fourth-order valence-electron chi connectivity index (χ4n) is 5.81. The number of amides is 2. The standard InChI is InChI=1S/C32H56N7O18P3S/c1-32(2,27(44)30(45)35-13-12-22(41)34-14-16-61-23(42)11-9-7-5-3-4-6-8-10-15-40)18-54-60(51,52)57-59(49,50)53-17-21-26(56-58(46,47)48)25(43)31(55-21)39-20-38-24-28(33)36-19-37-29(24)39/h19-21,25-27,31,40,43-44H,3-18H2,1-2H3,(H,34,41)(H,35,45)(H,49,50)(H,51,52)(H2,33,36,37)(H2,46,47,48)/t21-,25-,26-,27+,31-/m1/s1. The molecule has 0 spiro atoms. The van der Waals surface area contributed by atoms with Gasteiger partial charge in [-0.2, -0.15) is 4.31 Å². The molecule has 3 rings (SSSR count). The van der Waals surface area contributed by atoms with Crippen molar-refractivity contribution in [3.8, 4) is 0 Å². The molecule has 7 atom stereocenters. The van der Waals surface area contributed by atoms with E-state index in [2.05, 4.69) is 34.4 Å². The van der Waals surface area contributed by atoms with E-state index in [1.807, 2.05) is 0 Å². The average Bonchev–Trinajstić information content (AvgIpc) is 3.73. The molecular weight excluding hydrogens is 895 g/mol. The van der Waals surface area contributed by atoms with Crippen molar-refractivity contribution < 1.29 is 85.6 Å². The third-order valence-electron chi connectivity index (χ3n) is 9.05. The Balaban J connectivity index is 1.38. The number of thioether (sulfide) groups is 1. The number of anilines is 1. The molecule has 2 amide bonds. The van der Waals surface area contributed by atoms with E-state index in [0.717, 1.165) is 80.4 Å². The SMILES string of the molecule is CC(C)(COP(=O)(O)OP(=O)(O)OC[C@H]1O[C@@H](n2cnc3c(N)ncnc32)[C@H](O)[C@@H]1OP(=O)(O)O)[C@@H](O)C(=O)NCCC(=O)NCCSC(=O)CCCCCCCCCCO. The predicted molar refractivity (Wildman–Crippen MR) is 216 cm³/mol. The van der Waals surface area contributed by atoms with E-state index >= 15 is 0 Å². The van der Waals surface area contributed by atoms with Crippen molar-refractivity contribution in [2.24, 2.45) is 5.41 Å². The normalized spacial score (nSPS) is 20.9. The van der Waals surface area contributed by atoms with Crippen molar-refractivity contribution in [2.45, 2.75) is 109 Å². The molecule has 2 unspecified atom stereocenters. The largest absolute Gasteiger partial charge is 0.481 e. The number of aliphatic hydroxyl groups is 3. The van der Waals surface area contributed by atoms with Gasteiger partial charge in [-0.05, 0) is 12.8 Å². The molecule has 3 heterocycles. The summed E-state index contributed by atoms with van der Waals surface area (Å²) in [5.41, 5.74) is 4.27. The molecule has 348 valence electrons. The van der Waals surface area contributed by atoms with Gasteiger partial charge in [-0.25, -0.2) is 28.6 Å². The van der Waals surface area contributed by atoms with Gasteiger partial charge < -0.3 is 56.0 Å². The second-order valence-corrected chi connectivity index (χ2v) is 20.0. The lowest BCUT2D eigenvalue weighted by Gasteiger charge is -2.30. The van der Waals surface area contributed by atoms with Crippen LogP contribution in [-0.4, -0.2) is 134 Å². The Morgan fingerprint density at radius 1 is 0.934 bits per heavy atom. The van der Waals surface area contributed by atoms with Gasteiger partial charge in [-0.15, -0.1) is 0 Å². The lowest BCUT2D eigenvalue weighted by atomic mass is 9.87. The minimum absolute atomic E-state index is 0.0299. The maximum atomic E-state index is 12.7. The minimum Gasteiger partial charge on any atom is -0.396 e. The van der Waals surface area contributed by atoms with E-state index in [0.29, 0.717) is 12.2 Å². The molecule has 25 nitrogen and oxygen atoms in total. The molecule has 0 bridgehead atoms. The quantitative estimate of drug-likeness (QED) is 0.0404. The van der Waals surface area contributed by atoms with Gasteiger partial charge in [0, 0.05) is 43.7 Å². The third-order valence-corrected chi connectivity index (χ3v) is 13.1. The predicted octanol–water partition coefficient (Wildman–Crippen LogP) is 1.17. The summed E-state index contributed by atoms with van der Waals surface area (Å²) in [7, 11) is -16.4. The lowest BCUT2D eigenvalue weighted by Crippen LogP contribution is -2.46. The third kappa shape index (κ3) is 18.3. The summed E-state index contributed by atoms with van der Waals surface area (Å²) >= 11 is 1.12. The smallest absolute Gasteiger partial charge is 0.396 e. The molecule has 1 fully saturated rings. The van der Waals surface area contributed by atoms with Crippen LogP contribution in [0.2, 0.25) is 0 Å². The number of phosphoric acid groups is 3. The number of fused-ring (bicyclic) bond motifs is 1. The molecular formula is C32H56N7O18P3S. The maximum absolute atomic E-state index is 12.7. The number of rotatable bonds is 29. The summed E-state index contributed by atoms with van der Waals surface area (Å²) in [6.07, 6.45) is 1.52. The van der Waals surface area contributed by atoms with E-state index in [9.17, 15) is 57.9 Å². The Morgan fingerprint density at radius 3 is 2.23 bits per heavy atom. The number of nitrogen functional groups attached to an aromatic ring is 1. The second kappa shape index (κ2) is 24.5. The van der Waals surface area contributed by atoms with Crippen LogP contribution in [0.1, 0.15) is 84.3 Å². The van der Waals surface area contributed by atoms with Crippen LogP contribution in [0.4, 0.5) is 5.82 Å². The van der Waals surface area contributed by atoms with Gasteiger partial charge in [0.2, 0.25) is 11.8 Å². The van der Waals surface area contributed by atoms with E-state index in [-0.39, 0.29) is 48.2 Å². The van der Waals surface area contributed by atoms with Gasteiger partial charge in [0.1, 0.15) is 36.3 Å². The lowest BCUT2D eigenvalue weighted by molar-refractivity contribution is -0.137. The van der Waals surface area contributed by atoms with Crippen molar-refractivity contribution in [1.82, 2.24) is 30.2 Å². The van der Waals surface area contributed by atoms with Gasteiger partial charge >= 0.3 is 23.5 Å². The number of carbonyl (C=O) groups is 3. The highest BCUT2D eigenvalue weighted by Gasteiger charge is 2.50. The van der Waals surface area contributed by atoms with Crippen LogP contribution < -0.4 is 16.4 Å². The number of ether oxygens (including phenoxy) is 1. The second-order valence-electron chi connectivity index (χ2n) is 14.6.